The van der Waals surface area contributed by atoms with E-state index in [0.717, 1.165) is 0 Å². The second-order valence-electron chi connectivity index (χ2n) is 5.24. The summed E-state index contributed by atoms with van der Waals surface area (Å²) >= 11 is 0. The summed E-state index contributed by atoms with van der Waals surface area (Å²) < 4.78 is 22.5. The maximum Gasteiger partial charge on any atom is 0.364 e. The molecule has 0 rings (SSSR count). The van der Waals surface area contributed by atoms with Gasteiger partial charge in [-0.2, -0.15) is 0 Å². The standard InChI is InChI=1S/C14H28O4/c1-9(2)15-13(16-10(3)4)14(17-11(5)6)18-12(7)8/h9-12H,1-8H3. The maximum absolute atomic E-state index is 5.63. The Morgan fingerprint density at radius 1 is 0.444 bits per heavy atom. The van der Waals surface area contributed by atoms with Crippen molar-refractivity contribution < 1.29 is 18.9 Å². The normalized spacial score (nSPS) is 11.1. The van der Waals surface area contributed by atoms with Crippen molar-refractivity contribution in [2.45, 2.75) is 79.8 Å². The van der Waals surface area contributed by atoms with Crippen molar-refractivity contribution in [1.29, 1.82) is 0 Å². The van der Waals surface area contributed by atoms with E-state index in [0.29, 0.717) is 11.9 Å². The maximum atomic E-state index is 5.63. The Kier molecular flexibility index (Phi) is 7.64. The van der Waals surface area contributed by atoms with Gasteiger partial charge in [0, 0.05) is 0 Å². The molecular formula is C14H28O4. The predicted octanol–water partition coefficient (Wildman–Crippen LogP) is 3.81. The summed E-state index contributed by atoms with van der Waals surface area (Å²) in [4.78, 5) is 0. The molecule has 0 radical (unpaired) electrons. The molecule has 0 N–H and O–H groups in total. The van der Waals surface area contributed by atoms with Gasteiger partial charge >= 0.3 is 11.9 Å². The van der Waals surface area contributed by atoms with Crippen LogP contribution in [0.15, 0.2) is 11.9 Å². The Labute approximate surface area is 111 Å². The second-order valence-corrected chi connectivity index (χ2v) is 5.24. The molecule has 0 aliphatic rings. The molecule has 0 fully saturated rings. The van der Waals surface area contributed by atoms with Crippen molar-refractivity contribution in [2.24, 2.45) is 0 Å². The fourth-order valence-corrected chi connectivity index (χ4v) is 1.10. The van der Waals surface area contributed by atoms with Crippen LogP contribution in [0.5, 0.6) is 0 Å². The topological polar surface area (TPSA) is 36.9 Å². The van der Waals surface area contributed by atoms with Crippen LogP contribution >= 0.6 is 0 Å². The van der Waals surface area contributed by atoms with E-state index in [9.17, 15) is 0 Å². The zero-order valence-electron chi connectivity index (χ0n) is 12.9. The van der Waals surface area contributed by atoms with Crippen molar-refractivity contribution in [3.05, 3.63) is 11.9 Å². The van der Waals surface area contributed by atoms with Gasteiger partial charge in [-0.05, 0) is 55.4 Å². The smallest absolute Gasteiger partial charge is 0.364 e. The third-order valence-electron chi connectivity index (χ3n) is 1.54. The summed E-state index contributed by atoms with van der Waals surface area (Å²) in [5.41, 5.74) is 0. The van der Waals surface area contributed by atoms with Gasteiger partial charge in [0.05, 0.1) is 24.4 Å². The highest BCUT2D eigenvalue weighted by Gasteiger charge is 2.19. The highest BCUT2D eigenvalue weighted by atomic mass is 16.7. The molecule has 0 saturated heterocycles. The molecule has 108 valence electrons. The van der Waals surface area contributed by atoms with Gasteiger partial charge in [0.25, 0.3) is 0 Å². The van der Waals surface area contributed by atoms with Crippen LogP contribution in [0.3, 0.4) is 0 Å². The average Bonchev–Trinajstić information content (AvgIpc) is 2.12. The molecule has 0 aromatic heterocycles. The first-order valence-corrected chi connectivity index (χ1v) is 6.63. The Balaban J connectivity index is 5.08. The molecule has 0 aliphatic heterocycles. The minimum absolute atomic E-state index is 0.000254. The van der Waals surface area contributed by atoms with Crippen molar-refractivity contribution in [3.8, 4) is 0 Å². The number of hydrogen-bond acceptors (Lipinski definition) is 4. The predicted molar refractivity (Wildman–Crippen MR) is 71.9 cm³/mol. The Bertz CT molecular complexity index is 205. The summed E-state index contributed by atoms with van der Waals surface area (Å²) in [5.74, 6) is 0.643. The van der Waals surface area contributed by atoms with E-state index in [1.54, 1.807) is 0 Å². The Morgan fingerprint density at radius 2 is 0.611 bits per heavy atom. The number of ether oxygens (including phenoxy) is 4. The molecule has 0 atom stereocenters. The summed E-state index contributed by atoms with van der Waals surface area (Å²) in [6.07, 6.45) is 0.00102. The van der Waals surface area contributed by atoms with Crippen LogP contribution in [-0.2, 0) is 18.9 Å². The van der Waals surface area contributed by atoms with Gasteiger partial charge < -0.3 is 18.9 Å². The first-order chi connectivity index (χ1) is 8.22. The molecule has 0 saturated carbocycles. The molecule has 0 aromatic rings. The van der Waals surface area contributed by atoms with Gasteiger partial charge in [-0.1, -0.05) is 0 Å². The molecule has 0 heterocycles. The van der Waals surface area contributed by atoms with E-state index in [2.05, 4.69) is 0 Å². The van der Waals surface area contributed by atoms with Gasteiger partial charge in [-0.3, -0.25) is 0 Å². The van der Waals surface area contributed by atoms with E-state index in [1.807, 2.05) is 55.4 Å². The van der Waals surface area contributed by atoms with Crippen LogP contribution in [0.25, 0.3) is 0 Å². The summed E-state index contributed by atoms with van der Waals surface area (Å²) in [5, 5.41) is 0. The lowest BCUT2D eigenvalue weighted by molar-refractivity contribution is -0.0914. The first-order valence-electron chi connectivity index (χ1n) is 6.63. The lowest BCUT2D eigenvalue weighted by atomic mass is 10.4. The number of hydrogen-bond donors (Lipinski definition) is 0. The molecule has 0 amide bonds. The zero-order chi connectivity index (χ0) is 14.3. The largest absolute Gasteiger partial charge is 0.458 e. The summed E-state index contributed by atoms with van der Waals surface area (Å²) in [6.45, 7) is 15.5. The van der Waals surface area contributed by atoms with E-state index in [1.165, 1.54) is 0 Å². The third-order valence-corrected chi connectivity index (χ3v) is 1.54. The number of rotatable bonds is 8. The van der Waals surface area contributed by atoms with Gasteiger partial charge in [0.2, 0.25) is 0 Å². The minimum Gasteiger partial charge on any atom is -0.458 e. The quantitative estimate of drug-likeness (QED) is 0.622. The van der Waals surface area contributed by atoms with Crippen LogP contribution in [-0.4, -0.2) is 24.4 Å². The molecule has 4 nitrogen and oxygen atoms in total. The molecule has 4 heteroatoms. The molecule has 0 unspecified atom stereocenters. The highest BCUT2D eigenvalue weighted by Crippen LogP contribution is 2.18. The zero-order valence-corrected chi connectivity index (χ0v) is 12.9. The van der Waals surface area contributed by atoms with Crippen LogP contribution in [0.4, 0.5) is 0 Å². The van der Waals surface area contributed by atoms with Crippen LogP contribution in [0.1, 0.15) is 55.4 Å². The molecule has 0 bridgehead atoms. The van der Waals surface area contributed by atoms with E-state index < -0.39 is 0 Å². The minimum atomic E-state index is 0.000254. The summed E-state index contributed by atoms with van der Waals surface area (Å²) in [7, 11) is 0. The van der Waals surface area contributed by atoms with Crippen molar-refractivity contribution in [2.75, 3.05) is 0 Å². The third kappa shape index (κ3) is 8.09. The molecule has 18 heavy (non-hydrogen) atoms. The van der Waals surface area contributed by atoms with Crippen molar-refractivity contribution in [3.63, 3.8) is 0 Å². The van der Waals surface area contributed by atoms with Crippen LogP contribution in [0, 0.1) is 0 Å². The van der Waals surface area contributed by atoms with Crippen LogP contribution < -0.4 is 0 Å². The first kappa shape index (κ1) is 16.9. The molecule has 0 aliphatic carbocycles. The van der Waals surface area contributed by atoms with E-state index in [4.69, 9.17) is 18.9 Å². The van der Waals surface area contributed by atoms with Gasteiger partial charge in [0.1, 0.15) is 0 Å². The average molecular weight is 260 g/mol. The lowest BCUT2D eigenvalue weighted by Crippen LogP contribution is -2.18. The molecular weight excluding hydrogens is 232 g/mol. The summed E-state index contributed by atoms with van der Waals surface area (Å²) in [6, 6.07) is 0. The molecule has 0 spiro atoms. The van der Waals surface area contributed by atoms with E-state index >= 15 is 0 Å². The van der Waals surface area contributed by atoms with Crippen molar-refractivity contribution in [1.82, 2.24) is 0 Å². The molecule has 0 aromatic carbocycles. The van der Waals surface area contributed by atoms with Gasteiger partial charge in [-0.15, -0.1) is 0 Å². The Morgan fingerprint density at radius 3 is 0.722 bits per heavy atom. The fraction of sp³-hybridized carbons (Fsp3) is 0.857. The van der Waals surface area contributed by atoms with Crippen LogP contribution in [0.2, 0.25) is 0 Å². The highest BCUT2D eigenvalue weighted by molar-refractivity contribution is 4.89. The van der Waals surface area contributed by atoms with Gasteiger partial charge in [0.15, 0.2) is 0 Å². The monoisotopic (exact) mass is 260 g/mol. The fourth-order valence-electron chi connectivity index (χ4n) is 1.10. The van der Waals surface area contributed by atoms with Gasteiger partial charge in [-0.25, -0.2) is 0 Å². The second kappa shape index (κ2) is 8.11. The van der Waals surface area contributed by atoms with Crippen molar-refractivity contribution >= 4 is 0 Å². The SMILES string of the molecule is CC(C)OC(OC(C)C)=C(OC(C)C)OC(C)C. The lowest BCUT2D eigenvalue weighted by Gasteiger charge is -2.23. The van der Waals surface area contributed by atoms with E-state index in [-0.39, 0.29) is 24.4 Å². The Hall–Kier alpha value is -1.06.